The second kappa shape index (κ2) is 7.89. The van der Waals surface area contributed by atoms with Crippen molar-refractivity contribution in [2.45, 2.75) is 26.5 Å². The summed E-state index contributed by atoms with van der Waals surface area (Å²) in [6.07, 6.45) is -0.0225. The highest BCUT2D eigenvalue weighted by Crippen LogP contribution is 2.19. The largest absolute Gasteiger partial charge is 0.377 e. The summed E-state index contributed by atoms with van der Waals surface area (Å²) in [6.45, 7) is 4.83. The molecule has 2 aromatic rings. The molecule has 0 aliphatic rings. The smallest absolute Gasteiger partial charge is 0.319 e. The van der Waals surface area contributed by atoms with Gasteiger partial charge in [0.2, 0.25) is 0 Å². The zero-order valence-electron chi connectivity index (χ0n) is 13.4. The van der Waals surface area contributed by atoms with Crippen molar-refractivity contribution in [2.75, 3.05) is 19.0 Å². The number of nitrogens with zero attached hydrogens (tertiary/aromatic N) is 2. The first-order valence-electron chi connectivity index (χ1n) is 7.30. The highest BCUT2D eigenvalue weighted by Gasteiger charge is 2.07. The van der Waals surface area contributed by atoms with Crippen LogP contribution in [0.5, 0.6) is 0 Å². The number of aryl methyl sites for hydroxylation is 1. The Morgan fingerprint density at radius 1 is 1.52 bits per heavy atom. The van der Waals surface area contributed by atoms with Crippen molar-refractivity contribution in [1.29, 1.82) is 0 Å². The van der Waals surface area contributed by atoms with Crippen molar-refractivity contribution in [3.63, 3.8) is 0 Å². The number of aromatic nitrogens is 3. The first kappa shape index (κ1) is 17.2. The fraction of sp³-hybridized carbons (Fsp3) is 0.400. The van der Waals surface area contributed by atoms with Crippen molar-refractivity contribution in [3.05, 3.63) is 40.4 Å². The second-order valence-corrected chi connectivity index (χ2v) is 5.50. The number of ether oxygens (including phenoxy) is 1. The third kappa shape index (κ3) is 4.64. The maximum Gasteiger partial charge on any atom is 0.319 e. The molecule has 0 spiro atoms. The van der Waals surface area contributed by atoms with Crippen molar-refractivity contribution >= 4 is 23.9 Å². The van der Waals surface area contributed by atoms with Gasteiger partial charge >= 0.3 is 6.03 Å². The monoisotopic (exact) mass is 335 g/mol. The Labute approximate surface area is 140 Å². The number of methoxy groups -OCH3 is 1. The summed E-state index contributed by atoms with van der Waals surface area (Å²) in [6, 6.07) is 7.31. The third-order valence-corrected chi connectivity index (χ3v) is 3.85. The van der Waals surface area contributed by atoms with E-state index in [9.17, 15) is 4.79 Å². The maximum atomic E-state index is 11.9. The Bertz CT molecular complexity index is 725. The van der Waals surface area contributed by atoms with Gasteiger partial charge in [0, 0.05) is 25.9 Å². The van der Waals surface area contributed by atoms with E-state index in [1.807, 2.05) is 42.7 Å². The van der Waals surface area contributed by atoms with Crippen LogP contribution in [-0.2, 0) is 11.3 Å². The highest BCUT2D eigenvalue weighted by molar-refractivity contribution is 7.71. The van der Waals surface area contributed by atoms with Gasteiger partial charge in [-0.15, -0.1) is 0 Å². The molecular formula is C15H21N5O2S. The van der Waals surface area contributed by atoms with Gasteiger partial charge in [-0.3, -0.25) is 5.10 Å². The molecule has 1 unspecified atom stereocenters. The summed E-state index contributed by atoms with van der Waals surface area (Å²) in [5.74, 6) is 0.790. The van der Waals surface area contributed by atoms with Crippen molar-refractivity contribution in [3.8, 4) is 0 Å². The van der Waals surface area contributed by atoms with E-state index in [1.54, 1.807) is 7.11 Å². The van der Waals surface area contributed by atoms with Gasteiger partial charge in [-0.05, 0) is 43.8 Å². The van der Waals surface area contributed by atoms with E-state index < -0.39 is 0 Å². The zero-order chi connectivity index (χ0) is 16.8. The molecule has 1 heterocycles. The Morgan fingerprint density at radius 3 is 2.96 bits per heavy atom. The number of anilines is 1. The fourth-order valence-electron chi connectivity index (χ4n) is 2.12. The minimum atomic E-state index is -0.264. The summed E-state index contributed by atoms with van der Waals surface area (Å²) < 4.78 is 7.65. The molecule has 1 aromatic heterocycles. The molecule has 1 atom stereocenters. The third-order valence-electron chi connectivity index (χ3n) is 3.54. The summed E-state index contributed by atoms with van der Waals surface area (Å²) >= 11 is 5.11. The van der Waals surface area contributed by atoms with Gasteiger partial charge in [-0.1, -0.05) is 12.1 Å². The van der Waals surface area contributed by atoms with Crippen LogP contribution in [0, 0.1) is 11.7 Å². The van der Waals surface area contributed by atoms with Crippen LogP contribution in [0.2, 0.25) is 0 Å². The summed E-state index contributed by atoms with van der Waals surface area (Å²) in [4.78, 5) is 11.9. The summed E-state index contributed by atoms with van der Waals surface area (Å²) in [5, 5.41) is 12.3. The van der Waals surface area contributed by atoms with E-state index in [0.29, 0.717) is 17.9 Å². The van der Waals surface area contributed by atoms with Gasteiger partial charge in [0.25, 0.3) is 0 Å². The molecule has 3 N–H and O–H groups in total. The number of carbonyl (C=O) groups is 1. The minimum absolute atomic E-state index is 0.0225. The normalized spacial score (nSPS) is 12.0. The number of hydrogen-bond donors (Lipinski definition) is 3. The fourth-order valence-corrected chi connectivity index (χ4v) is 2.39. The van der Waals surface area contributed by atoms with Crippen LogP contribution in [0.3, 0.4) is 0 Å². The Morgan fingerprint density at radius 2 is 2.30 bits per heavy atom. The van der Waals surface area contributed by atoms with Crippen LogP contribution >= 0.6 is 12.2 Å². The number of H-pyrrole nitrogens is 1. The van der Waals surface area contributed by atoms with Gasteiger partial charge in [-0.2, -0.15) is 5.10 Å². The highest BCUT2D eigenvalue weighted by atomic mass is 32.1. The molecule has 0 bridgehead atoms. The first-order valence-corrected chi connectivity index (χ1v) is 7.71. The van der Waals surface area contributed by atoms with Crippen molar-refractivity contribution in [2.24, 2.45) is 0 Å². The molecule has 7 nitrogen and oxygen atoms in total. The number of nitrogens with one attached hydrogen (secondary N) is 3. The van der Waals surface area contributed by atoms with Crippen LogP contribution in [0.4, 0.5) is 10.5 Å². The first-order chi connectivity index (χ1) is 11.0. The SMILES string of the molecule is COC(C)c1cccc(NC(=O)NCCn2c(C)n[nH]c2=S)c1. The molecule has 2 amide bonds. The molecule has 0 saturated heterocycles. The average Bonchev–Trinajstić information content (AvgIpc) is 2.86. The molecule has 0 fully saturated rings. The number of benzene rings is 1. The van der Waals surface area contributed by atoms with E-state index >= 15 is 0 Å². The number of amides is 2. The van der Waals surface area contributed by atoms with E-state index in [2.05, 4.69) is 20.8 Å². The van der Waals surface area contributed by atoms with E-state index in [-0.39, 0.29) is 12.1 Å². The van der Waals surface area contributed by atoms with E-state index in [1.165, 1.54) is 0 Å². The van der Waals surface area contributed by atoms with Crippen LogP contribution in [0.25, 0.3) is 0 Å². The van der Waals surface area contributed by atoms with Crippen molar-refractivity contribution < 1.29 is 9.53 Å². The lowest BCUT2D eigenvalue weighted by molar-refractivity contribution is 0.119. The van der Waals surface area contributed by atoms with Crippen LogP contribution in [0.15, 0.2) is 24.3 Å². The quantitative estimate of drug-likeness (QED) is 0.709. The zero-order valence-corrected chi connectivity index (χ0v) is 14.2. The molecular weight excluding hydrogens is 314 g/mol. The lowest BCUT2D eigenvalue weighted by Gasteiger charge is -2.12. The summed E-state index contributed by atoms with van der Waals surface area (Å²) in [5.41, 5.74) is 1.73. The number of rotatable bonds is 6. The Balaban J connectivity index is 1.86. The van der Waals surface area contributed by atoms with Crippen LogP contribution in [-0.4, -0.2) is 34.5 Å². The Hall–Kier alpha value is -2.19. The lowest BCUT2D eigenvalue weighted by atomic mass is 10.1. The molecule has 2 rings (SSSR count). The van der Waals surface area contributed by atoms with E-state index in [0.717, 1.165) is 17.1 Å². The van der Waals surface area contributed by atoms with Crippen LogP contribution < -0.4 is 10.6 Å². The molecule has 124 valence electrons. The Kier molecular flexibility index (Phi) is 5.89. The van der Waals surface area contributed by atoms with Crippen molar-refractivity contribution in [1.82, 2.24) is 20.1 Å². The number of aromatic amines is 1. The standard InChI is InChI=1S/C15H21N5O2S/c1-10(22-3)12-5-4-6-13(9-12)17-14(21)16-7-8-20-11(2)18-19-15(20)23/h4-6,9-10H,7-8H2,1-3H3,(H,19,23)(H2,16,17,21). The minimum Gasteiger partial charge on any atom is -0.377 e. The molecule has 1 aromatic carbocycles. The maximum absolute atomic E-state index is 11.9. The molecule has 23 heavy (non-hydrogen) atoms. The second-order valence-electron chi connectivity index (χ2n) is 5.11. The summed E-state index contributed by atoms with van der Waals surface area (Å²) in [7, 11) is 1.65. The predicted octanol–water partition coefficient (Wildman–Crippen LogP) is 2.78. The number of urea groups is 1. The molecule has 8 heteroatoms. The molecule has 0 radical (unpaired) electrons. The average molecular weight is 335 g/mol. The number of carbonyl (C=O) groups excluding carboxylic acids is 1. The topological polar surface area (TPSA) is 84.0 Å². The van der Waals surface area contributed by atoms with Gasteiger partial charge < -0.3 is 19.9 Å². The van der Waals surface area contributed by atoms with Gasteiger partial charge in [0.15, 0.2) is 4.77 Å². The van der Waals surface area contributed by atoms with E-state index in [4.69, 9.17) is 17.0 Å². The lowest BCUT2D eigenvalue weighted by Crippen LogP contribution is -2.31. The van der Waals surface area contributed by atoms with Gasteiger partial charge in [-0.25, -0.2) is 4.79 Å². The molecule has 0 saturated carbocycles. The van der Waals surface area contributed by atoms with Crippen LogP contribution in [0.1, 0.15) is 24.4 Å². The predicted molar refractivity (Wildman–Crippen MR) is 91.0 cm³/mol. The number of hydrogen-bond acceptors (Lipinski definition) is 4. The van der Waals surface area contributed by atoms with Gasteiger partial charge in [0.1, 0.15) is 5.82 Å². The molecule has 0 aliphatic heterocycles. The van der Waals surface area contributed by atoms with Gasteiger partial charge in [0.05, 0.1) is 6.10 Å². The molecule has 0 aliphatic carbocycles.